The van der Waals surface area contributed by atoms with Gasteiger partial charge in [0.15, 0.2) is 5.82 Å². The highest BCUT2D eigenvalue weighted by Gasteiger charge is 2.27. The van der Waals surface area contributed by atoms with Crippen molar-refractivity contribution < 1.29 is 0 Å². The van der Waals surface area contributed by atoms with E-state index in [0.29, 0.717) is 0 Å². The van der Waals surface area contributed by atoms with Crippen LogP contribution in [0.1, 0.15) is 43.3 Å². The number of hydrogen-bond acceptors (Lipinski definition) is 2. The Morgan fingerprint density at radius 1 is 0.556 bits per heavy atom. The molecule has 0 N–H and O–H groups in total. The zero-order valence-electron chi connectivity index (χ0n) is 22.0. The molecule has 0 saturated heterocycles. The Kier molecular flexibility index (Phi) is 6.09. The fourth-order valence-electron chi connectivity index (χ4n) is 5.00. The number of benzene rings is 4. The number of aromatic nitrogens is 3. The smallest absolute Gasteiger partial charge is 0.168 e. The van der Waals surface area contributed by atoms with E-state index in [4.69, 9.17) is 10.2 Å². The molecule has 4 aromatic carbocycles. The first kappa shape index (κ1) is 23.7. The van der Waals surface area contributed by atoms with Gasteiger partial charge in [0.05, 0.1) is 5.69 Å². The van der Waals surface area contributed by atoms with Crippen molar-refractivity contribution in [3.05, 3.63) is 114 Å². The molecule has 5 aromatic rings. The van der Waals surface area contributed by atoms with Crippen molar-refractivity contribution in [1.82, 2.24) is 14.8 Å². The molecular weight excluding hydrogens is 438 g/mol. The summed E-state index contributed by atoms with van der Waals surface area (Å²) in [5.74, 6) is 1.83. The molecule has 5 rings (SSSR count). The van der Waals surface area contributed by atoms with Crippen LogP contribution in [0.25, 0.3) is 39.3 Å². The molecule has 0 spiro atoms. The quantitative estimate of drug-likeness (QED) is 0.263. The van der Waals surface area contributed by atoms with E-state index < -0.39 is 0 Å². The molecule has 0 amide bonds. The van der Waals surface area contributed by atoms with E-state index in [-0.39, 0.29) is 5.41 Å². The molecule has 3 heteroatoms. The fourth-order valence-corrected chi connectivity index (χ4v) is 5.00. The number of rotatable bonds is 4. The van der Waals surface area contributed by atoms with Crippen molar-refractivity contribution in [2.45, 2.75) is 47.0 Å². The summed E-state index contributed by atoms with van der Waals surface area (Å²) in [6.45, 7) is 13.1. The summed E-state index contributed by atoms with van der Waals surface area (Å²) in [6, 6.07) is 32.3. The van der Waals surface area contributed by atoms with Crippen molar-refractivity contribution in [3.63, 3.8) is 0 Å². The van der Waals surface area contributed by atoms with Gasteiger partial charge in [0.1, 0.15) is 5.82 Å². The van der Waals surface area contributed by atoms with Crippen LogP contribution in [-0.4, -0.2) is 14.8 Å². The summed E-state index contributed by atoms with van der Waals surface area (Å²) in [7, 11) is 0. The molecule has 3 nitrogen and oxygen atoms in total. The maximum Gasteiger partial charge on any atom is 0.168 e. The van der Waals surface area contributed by atoms with E-state index in [1.807, 2.05) is 0 Å². The normalized spacial score (nSPS) is 11.6. The first-order valence-electron chi connectivity index (χ1n) is 12.5. The van der Waals surface area contributed by atoms with Crippen molar-refractivity contribution in [2.24, 2.45) is 0 Å². The van der Waals surface area contributed by atoms with E-state index in [2.05, 4.69) is 137 Å². The summed E-state index contributed by atoms with van der Waals surface area (Å²) in [5, 5.41) is 9.50. The number of hydrogen-bond donors (Lipinski definition) is 0. The lowest BCUT2D eigenvalue weighted by Gasteiger charge is -2.23. The van der Waals surface area contributed by atoms with E-state index in [9.17, 15) is 0 Å². The summed E-state index contributed by atoms with van der Waals surface area (Å²) in [6.07, 6.45) is 0. The van der Waals surface area contributed by atoms with Crippen LogP contribution < -0.4 is 0 Å². The van der Waals surface area contributed by atoms with Gasteiger partial charge >= 0.3 is 0 Å². The van der Waals surface area contributed by atoms with Crippen LogP contribution in [0.15, 0.2) is 91.0 Å². The average Bonchev–Trinajstić information content (AvgIpc) is 3.30. The molecule has 36 heavy (non-hydrogen) atoms. The fraction of sp³-hybridized carbons (Fsp3) is 0.212. The Morgan fingerprint density at radius 2 is 1.17 bits per heavy atom. The SMILES string of the molecule is Cc1ccccc1-c1cccc(-c2nnc(C(C)(C)C)n2-c2c(C)cc(-c3ccccc3)cc2C)c1. The maximum atomic E-state index is 4.76. The zero-order valence-corrected chi connectivity index (χ0v) is 22.0. The van der Waals surface area contributed by atoms with Gasteiger partial charge in [-0.1, -0.05) is 93.6 Å². The van der Waals surface area contributed by atoms with Crippen LogP contribution in [-0.2, 0) is 5.41 Å². The second-order valence-electron chi connectivity index (χ2n) is 10.7. The van der Waals surface area contributed by atoms with Crippen LogP contribution in [0.3, 0.4) is 0 Å². The highest BCUT2D eigenvalue weighted by molar-refractivity contribution is 5.74. The lowest BCUT2D eigenvalue weighted by molar-refractivity contribution is 0.533. The summed E-state index contributed by atoms with van der Waals surface area (Å²) >= 11 is 0. The lowest BCUT2D eigenvalue weighted by atomic mass is 9.93. The molecule has 0 aliphatic rings. The molecule has 0 atom stereocenters. The third-order valence-electron chi connectivity index (χ3n) is 6.73. The van der Waals surface area contributed by atoms with Crippen molar-refractivity contribution >= 4 is 0 Å². The number of aryl methyl sites for hydroxylation is 3. The van der Waals surface area contributed by atoms with Gasteiger partial charge in [-0.3, -0.25) is 4.57 Å². The number of nitrogens with zero attached hydrogens (tertiary/aromatic N) is 3. The van der Waals surface area contributed by atoms with Gasteiger partial charge in [-0.15, -0.1) is 10.2 Å². The maximum absolute atomic E-state index is 4.76. The summed E-state index contributed by atoms with van der Waals surface area (Å²) < 4.78 is 2.27. The molecule has 180 valence electrons. The van der Waals surface area contributed by atoms with Gasteiger partial charge in [-0.2, -0.15) is 0 Å². The minimum Gasteiger partial charge on any atom is -0.278 e. The largest absolute Gasteiger partial charge is 0.278 e. The Balaban J connectivity index is 1.71. The van der Waals surface area contributed by atoms with E-state index in [0.717, 1.165) is 22.9 Å². The van der Waals surface area contributed by atoms with E-state index in [1.54, 1.807) is 0 Å². The Labute approximate surface area is 214 Å². The zero-order chi connectivity index (χ0) is 25.4. The van der Waals surface area contributed by atoms with Gasteiger partial charge in [0.2, 0.25) is 0 Å². The molecule has 0 aliphatic heterocycles. The molecule has 1 heterocycles. The first-order chi connectivity index (χ1) is 17.2. The molecule has 1 aromatic heterocycles. The summed E-state index contributed by atoms with van der Waals surface area (Å²) in [4.78, 5) is 0. The van der Waals surface area contributed by atoms with Crippen LogP contribution in [0.5, 0.6) is 0 Å². The predicted molar refractivity (Wildman–Crippen MR) is 151 cm³/mol. The Bertz CT molecular complexity index is 1510. The van der Waals surface area contributed by atoms with Crippen molar-refractivity contribution in [2.75, 3.05) is 0 Å². The van der Waals surface area contributed by atoms with Gasteiger partial charge < -0.3 is 0 Å². The average molecular weight is 472 g/mol. The van der Waals surface area contributed by atoms with Gasteiger partial charge in [0, 0.05) is 11.0 Å². The predicted octanol–water partition coefficient (Wildman–Crippen LogP) is 8.49. The molecule has 0 aliphatic carbocycles. The van der Waals surface area contributed by atoms with Gasteiger partial charge in [-0.25, -0.2) is 0 Å². The minimum atomic E-state index is -0.171. The lowest BCUT2D eigenvalue weighted by Crippen LogP contribution is -2.19. The van der Waals surface area contributed by atoms with Crippen LogP contribution in [0.4, 0.5) is 0 Å². The monoisotopic (exact) mass is 471 g/mol. The first-order valence-corrected chi connectivity index (χ1v) is 12.5. The molecule has 0 saturated carbocycles. The molecule has 0 unspecified atom stereocenters. The highest BCUT2D eigenvalue weighted by Crippen LogP contribution is 2.36. The molecular formula is C33H33N3. The second kappa shape index (κ2) is 9.23. The van der Waals surface area contributed by atoms with Gasteiger partial charge in [0.25, 0.3) is 0 Å². The third kappa shape index (κ3) is 4.37. The Hall–Kier alpha value is -3.98. The molecule has 0 bridgehead atoms. The van der Waals surface area contributed by atoms with Crippen LogP contribution >= 0.6 is 0 Å². The van der Waals surface area contributed by atoms with Crippen LogP contribution in [0.2, 0.25) is 0 Å². The van der Waals surface area contributed by atoms with E-state index >= 15 is 0 Å². The molecule has 0 radical (unpaired) electrons. The van der Waals surface area contributed by atoms with Crippen molar-refractivity contribution in [1.29, 1.82) is 0 Å². The van der Waals surface area contributed by atoms with Crippen LogP contribution in [0, 0.1) is 20.8 Å². The minimum absolute atomic E-state index is 0.171. The highest BCUT2D eigenvalue weighted by atomic mass is 15.3. The molecule has 0 fully saturated rings. The Morgan fingerprint density at radius 3 is 1.83 bits per heavy atom. The second-order valence-corrected chi connectivity index (χ2v) is 10.7. The van der Waals surface area contributed by atoms with Crippen molar-refractivity contribution in [3.8, 4) is 39.3 Å². The van der Waals surface area contributed by atoms with E-state index in [1.165, 1.54) is 38.9 Å². The third-order valence-corrected chi connectivity index (χ3v) is 6.73. The van der Waals surface area contributed by atoms with Gasteiger partial charge in [-0.05, 0) is 77.9 Å². The topological polar surface area (TPSA) is 30.7 Å². The summed E-state index contributed by atoms with van der Waals surface area (Å²) in [5.41, 5.74) is 10.6. The standard InChI is InChI=1S/C33H33N3/c1-22-13-10-11-18-29(22)26-16-12-17-27(21-26)31-34-35-32(33(4,5)6)36(31)30-23(2)19-28(20-24(30)3)25-14-8-7-9-15-25/h7-21H,1-6H3.